The van der Waals surface area contributed by atoms with Crippen LogP contribution >= 0.6 is 11.8 Å². The normalized spacial score (nSPS) is 15.6. The molecular weight excluding hydrogens is 468 g/mol. The van der Waals surface area contributed by atoms with Crippen molar-refractivity contribution < 1.29 is 23.7 Å². The van der Waals surface area contributed by atoms with Crippen LogP contribution in [0.5, 0.6) is 23.0 Å². The SMILES string of the molecule is O=C(CSc1nnc([C@H]2COc3ccccc3O2)n1-c1ccccc1)Nc1ccc2c(c1)OCO2. The molecule has 0 bridgehead atoms. The van der Waals surface area contributed by atoms with E-state index in [1.807, 2.05) is 59.2 Å². The van der Waals surface area contributed by atoms with Gasteiger partial charge in [0.2, 0.25) is 12.7 Å². The molecule has 0 unspecified atom stereocenters. The highest BCUT2D eigenvalue weighted by molar-refractivity contribution is 7.99. The Kier molecular flexibility index (Phi) is 5.63. The lowest BCUT2D eigenvalue weighted by molar-refractivity contribution is -0.113. The Balaban J connectivity index is 1.21. The topological polar surface area (TPSA) is 96.7 Å². The summed E-state index contributed by atoms with van der Waals surface area (Å²) in [6.07, 6.45) is -0.450. The average molecular weight is 489 g/mol. The monoisotopic (exact) mass is 488 g/mol. The van der Waals surface area contributed by atoms with Gasteiger partial charge in [0.15, 0.2) is 40.1 Å². The van der Waals surface area contributed by atoms with E-state index in [-0.39, 0.29) is 18.5 Å². The summed E-state index contributed by atoms with van der Waals surface area (Å²) in [7, 11) is 0. The quantitative estimate of drug-likeness (QED) is 0.403. The molecule has 2 aliphatic heterocycles. The molecule has 10 heteroatoms. The molecule has 1 N–H and O–H groups in total. The van der Waals surface area contributed by atoms with Crippen molar-refractivity contribution in [1.29, 1.82) is 0 Å². The highest BCUT2D eigenvalue weighted by Gasteiger charge is 2.29. The first-order chi connectivity index (χ1) is 17.2. The Labute approximate surface area is 205 Å². The van der Waals surface area contributed by atoms with Gasteiger partial charge >= 0.3 is 0 Å². The van der Waals surface area contributed by atoms with Crippen LogP contribution in [0.15, 0.2) is 78.0 Å². The van der Waals surface area contributed by atoms with Gasteiger partial charge in [0.25, 0.3) is 0 Å². The van der Waals surface area contributed by atoms with E-state index < -0.39 is 6.10 Å². The third-order valence-electron chi connectivity index (χ3n) is 5.46. The molecule has 176 valence electrons. The summed E-state index contributed by atoms with van der Waals surface area (Å²) in [5, 5.41) is 12.3. The number of thioether (sulfide) groups is 1. The first-order valence-electron chi connectivity index (χ1n) is 11.0. The van der Waals surface area contributed by atoms with Crippen molar-refractivity contribution in [1.82, 2.24) is 14.8 Å². The lowest BCUT2D eigenvalue weighted by atomic mass is 10.2. The standard InChI is InChI=1S/C25H20N4O5S/c30-23(26-16-10-11-19-21(12-16)33-15-32-19)14-35-25-28-27-24(29(25)17-6-2-1-3-7-17)22-13-31-18-8-4-5-9-20(18)34-22/h1-12,22H,13-15H2,(H,26,30)/t22-/m1/s1. The van der Waals surface area contributed by atoms with Crippen LogP contribution in [0.2, 0.25) is 0 Å². The predicted molar refractivity (Wildman–Crippen MR) is 129 cm³/mol. The molecule has 0 radical (unpaired) electrons. The fraction of sp³-hybridized carbons (Fsp3) is 0.160. The smallest absolute Gasteiger partial charge is 0.234 e. The number of hydrogen-bond acceptors (Lipinski definition) is 8. The molecule has 3 heterocycles. The van der Waals surface area contributed by atoms with Gasteiger partial charge in [-0.3, -0.25) is 9.36 Å². The molecule has 4 aromatic rings. The summed E-state index contributed by atoms with van der Waals surface area (Å²) in [5.74, 6) is 3.20. The summed E-state index contributed by atoms with van der Waals surface area (Å²) in [5.41, 5.74) is 1.50. The van der Waals surface area contributed by atoms with Crippen molar-refractivity contribution in [2.75, 3.05) is 24.5 Å². The number of hydrogen-bond donors (Lipinski definition) is 1. The number of fused-ring (bicyclic) bond motifs is 2. The molecule has 0 aliphatic carbocycles. The number of nitrogens with zero attached hydrogens (tertiary/aromatic N) is 3. The van der Waals surface area contributed by atoms with Crippen LogP contribution in [-0.4, -0.2) is 39.8 Å². The molecule has 3 aromatic carbocycles. The Hall–Kier alpha value is -4.18. The zero-order valence-electron chi connectivity index (χ0n) is 18.4. The Bertz CT molecular complexity index is 1380. The van der Waals surface area contributed by atoms with E-state index >= 15 is 0 Å². The number of para-hydroxylation sites is 3. The van der Waals surface area contributed by atoms with Gasteiger partial charge in [0.1, 0.15) is 6.61 Å². The zero-order valence-corrected chi connectivity index (χ0v) is 19.2. The maximum atomic E-state index is 12.7. The summed E-state index contributed by atoms with van der Waals surface area (Å²) in [4.78, 5) is 12.7. The minimum atomic E-state index is -0.450. The molecule has 0 fully saturated rings. The number of carbonyl (C=O) groups is 1. The summed E-state index contributed by atoms with van der Waals surface area (Å²) >= 11 is 1.29. The van der Waals surface area contributed by atoms with Gasteiger partial charge in [-0.2, -0.15) is 0 Å². The summed E-state index contributed by atoms with van der Waals surface area (Å²) in [6.45, 7) is 0.485. The summed E-state index contributed by atoms with van der Waals surface area (Å²) in [6, 6.07) is 22.6. The molecule has 1 aromatic heterocycles. The number of aromatic nitrogens is 3. The Morgan fingerprint density at radius 3 is 2.57 bits per heavy atom. The first kappa shape index (κ1) is 21.4. The van der Waals surface area contributed by atoms with E-state index in [0.717, 1.165) is 5.69 Å². The van der Waals surface area contributed by atoms with Gasteiger partial charge in [0.05, 0.1) is 5.75 Å². The third kappa shape index (κ3) is 4.35. The van der Waals surface area contributed by atoms with Crippen LogP contribution in [0.1, 0.15) is 11.9 Å². The largest absolute Gasteiger partial charge is 0.485 e. The summed E-state index contributed by atoms with van der Waals surface area (Å²) < 4.78 is 24.7. The van der Waals surface area contributed by atoms with Gasteiger partial charge in [0, 0.05) is 17.4 Å². The van der Waals surface area contributed by atoms with E-state index in [4.69, 9.17) is 18.9 Å². The molecule has 9 nitrogen and oxygen atoms in total. The zero-order chi connectivity index (χ0) is 23.6. The number of rotatable bonds is 6. The van der Waals surface area contributed by atoms with E-state index in [0.29, 0.717) is 46.3 Å². The molecule has 6 rings (SSSR count). The molecule has 0 saturated carbocycles. The van der Waals surface area contributed by atoms with Crippen LogP contribution in [0.4, 0.5) is 5.69 Å². The predicted octanol–water partition coefficient (Wildman–Crippen LogP) is 4.24. The van der Waals surface area contributed by atoms with Crippen LogP contribution < -0.4 is 24.3 Å². The highest BCUT2D eigenvalue weighted by atomic mass is 32.2. The molecule has 35 heavy (non-hydrogen) atoms. The molecule has 1 atom stereocenters. The van der Waals surface area contributed by atoms with Crippen LogP contribution in [0.3, 0.4) is 0 Å². The van der Waals surface area contributed by atoms with Crippen molar-refractivity contribution in [2.45, 2.75) is 11.3 Å². The highest BCUT2D eigenvalue weighted by Crippen LogP contribution is 2.37. The second kappa shape index (κ2) is 9.22. The van der Waals surface area contributed by atoms with Gasteiger partial charge < -0.3 is 24.3 Å². The average Bonchev–Trinajstić information content (AvgIpc) is 3.54. The van der Waals surface area contributed by atoms with Gasteiger partial charge in [-0.15, -0.1) is 10.2 Å². The Morgan fingerprint density at radius 2 is 1.69 bits per heavy atom. The van der Waals surface area contributed by atoms with Crippen LogP contribution in [-0.2, 0) is 4.79 Å². The fourth-order valence-electron chi connectivity index (χ4n) is 3.85. The van der Waals surface area contributed by atoms with Gasteiger partial charge in [-0.25, -0.2) is 0 Å². The van der Waals surface area contributed by atoms with E-state index in [1.165, 1.54) is 11.8 Å². The fourth-order valence-corrected chi connectivity index (χ4v) is 4.61. The number of amides is 1. The van der Waals surface area contributed by atoms with Crippen molar-refractivity contribution in [3.05, 3.63) is 78.6 Å². The Morgan fingerprint density at radius 1 is 0.914 bits per heavy atom. The van der Waals surface area contributed by atoms with E-state index in [1.54, 1.807) is 18.2 Å². The molecule has 1 amide bonds. The number of ether oxygens (including phenoxy) is 4. The molecule has 0 saturated heterocycles. The van der Waals surface area contributed by atoms with Crippen LogP contribution in [0, 0.1) is 0 Å². The number of benzene rings is 3. The van der Waals surface area contributed by atoms with Crippen molar-refractivity contribution in [2.24, 2.45) is 0 Å². The van der Waals surface area contributed by atoms with Crippen molar-refractivity contribution in [3.63, 3.8) is 0 Å². The van der Waals surface area contributed by atoms with Gasteiger partial charge in [-0.05, 0) is 36.4 Å². The van der Waals surface area contributed by atoms with E-state index in [9.17, 15) is 4.79 Å². The van der Waals surface area contributed by atoms with Crippen LogP contribution in [0.25, 0.3) is 5.69 Å². The van der Waals surface area contributed by atoms with Crippen molar-refractivity contribution in [3.8, 4) is 28.7 Å². The second-order valence-electron chi connectivity index (χ2n) is 7.78. The minimum absolute atomic E-state index is 0.143. The number of carbonyl (C=O) groups excluding carboxylic acids is 1. The first-order valence-corrected chi connectivity index (χ1v) is 11.9. The molecule has 2 aliphatic rings. The molecular formula is C25H20N4O5S. The third-order valence-corrected chi connectivity index (χ3v) is 6.39. The van der Waals surface area contributed by atoms with Gasteiger partial charge in [-0.1, -0.05) is 42.1 Å². The van der Waals surface area contributed by atoms with E-state index in [2.05, 4.69) is 15.5 Å². The van der Waals surface area contributed by atoms with Crippen molar-refractivity contribution >= 4 is 23.4 Å². The molecule has 0 spiro atoms. The maximum Gasteiger partial charge on any atom is 0.234 e. The second-order valence-corrected chi connectivity index (χ2v) is 8.72. The number of nitrogens with one attached hydrogen (secondary N) is 1. The lowest BCUT2D eigenvalue weighted by Crippen LogP contribution is -2.24. The minimum Gasteiger partial charge on any atom is -0.485 e. The number of anilines is 1. The lowest BCUT2D eigenvalue weighted by Gasteiger charge is -2.26. The maximum absolute atomic E-state index is 12.7.